The quantitative estimate of drug-likeness (QED) is 0.881. The highest BCUT2D eigenvalue weighted by molar-refractivity contribution is 5.34. The van der Waals surface area contributed by atoms with E-state index in [0.29, 0.717) is 5.56 Å². The van der Waals surface area contributed by atoms with E-state index in [1.165, 1.54) is 24.8 Å². The van der Waals surface area contributed by atoms with Crippen LogP contribution in [0.2, 0.25) is 0 Å². The Morgan fingerprint density at radius 1 is 1.10 bits per heavy atom. The zero-order chi connectivity index (χ0) is 14.8. The van der Waals surface area contributed by atoms with Gasteiger partial charge in [-0.3, -0.25) is 0 Å². The minimum absolute atomic E-state index is 0.288. The Hall–Kier alpha value is -2.02. The molecule has 0 aliphatic heterocycles. The molecule has 0 saturated heterocycles. The average Bonchev–Trinajstić information content (AvgIpc) is 2.41. The van der Waals surface area contributed by atoms with Gasteiger partial charge in [0, 0.05) is 18.0 Å². The molecule has 1 N–H and O–H groups in total. The summed E-state index contributed by atoms with van der Waals surface area (Å²) in [6, 6.07) is 2.37. The van der Waals surface area contributed by atoms with Crippen molar-refractivity contribution in [1.82, 2.24) is 15.3 Å². The van der Waals surface area contributed by atoms with Crippen molar-refractivity contribution in [2.24, 2.45) is 0 Å². The van der Waals surface area contributed by atoms with Crippen molar-refractivity contribution >= 4 is 0 Å². The van der Waals surface area contributed by atoms with Gasteiger partial charge in [-0.2, -0.15) is 13.2 Å². The van der Waals surface area contributed by atoms with Gasteiger partial charge in [0.25, 0.3) is 0 Å². The van der Waals surface area contributed by atoms with Gasteiger partial charge in [-0.25, -0.2) is 14.4 Å². The summed E-state index contributed by atoms with van der Waals surface area (Å²) in [6.45, 7) is 0. The number of halogens is 4. The van der Waals surface area contributed by atoms with Crippen LogP contribution in [-0.4, -0.2) is 17.0 Å². The van der Waals surface area contributed by atoms with E-state index in [4.69, 9.17) is 0 Å². The van der Waals surface area contributed by atoms with Crippen LogP contribution in [0.5, 0.6) is 0 Å². The number of nitrogens with zero attached hydrogens (tertiary/aromatic N) is 2. The summed E-state index contributed by atoms with van der Waals surface area (Å²) < 4.78 is 51.4. The van der Waals surface area contributed by atoms with E-state index in [-0.39, 0.29) is 5.56 Å². The summed E-state index contributed by atoms with van der Waals surface area (Å²) in [5.41, 5.74) is -0.405. The molecule has 0 spiro atoms. The van der Waals surface area contributed by atoms with Crippen LogP contribution < -0.4 is 5.32 Å². The van der Waals surface area contributed by atoms with Crippen LogP contribution in [0, 0.1) is 5.82 Å². The molecule has 106 valence electrons. The van der Waals surface area contributed by atoms with Crippen LogP contribution in [0.25, 0.3) is 0 Å². The molecule has 0 radical (unpaired) electrons. The largest absolute Gasteiger partial charge is 0.419 e. The lowest BCUT2D eigenvalue weighted by Crippen LogP contribution is -2.19. The van der Waals surface area contributed by atoms with Crippen LogP contribution in [0.15, 0.2) is 36.9 Å². The van der Waals surface area contributed by atoms with Crippen molar-refractivity contribution in [1.29, 1.82) is 0 Å². The molecule has 1 aromatic carbocycles. The van der Waals surface area contributed by atoms with E-state index < -0.39 is 23.6 Å². The fourth-order valence-electron chi connectivity index (χ4n) is 1.93. The number of alkyl halides is 3. The highest BCUT2D eigenvalue weighted by atomic mass is 19.4. The normalized spacial score (nSPS) is 13.2. The molecule has 0 saturated carbocycles. The molecule has 7 heteroatoms. The van der Waals surface area contributed by atoms with Gasteiger partial charge in [0.2, 0.25) is 0 Å². The van der Waals surface area contributed by atoms with E-state index in [1.807, 2.05) is 0 Å². The Kier molecular flexibility index (Phi) is 3.99. The molecule has 0 fully saturated rings. The smallest absolute Gasteiger partial charge is 0.309 e. The summed E-state index contributed by atoms with van der Waals surface area (Å²) in [5, 5.41) is 2.86. The van der Waals surface area contributed by atoms with Gasteiger partial charge in [-0.15, -0.1) is 0 Å². The molecule has 0 bridgehead atoms. The van der Waals surface area contributed by atoms with Crippen LogP contribution >= 0.6 is 0 Å². The van der Waals surface area contributed by atoms with Gasteiger partial charge in [0.1, 0.15) is 12.1 Å². The van der Waals surface area contributed by atoms with Crippen LogP contribution in [0.1, 0.15) is 22.7 Å². The summed E-state index contributed by atoms with van der Waals surface area (Å²) in [5.74, 6) is -1.29. The Balaban J connectivity index is 2.46. The van der Waals surface area contributed by atoms with Crippen LogP contribution in [0.4, 0.5) is 17.6 Å². The number of benzene rings is 1. The number of aromatic nitrogens is 2. The Labute approximate surface area is 112 Å². The molecule has 0 aliphatic rings. The van der Waals surface area contributed by atoms with Gasteiger partial charge in [0.05, 0.1) is 11.6 Å². The zero-order valence-corrected chi connectivity index (χ0v) is 10.4. The maximum Gasteiger partial charge on any atom is 0.419 e. The lowest BCUT2D eigenvalue weighted by molar-refractivity contribution is -0.140. The first-order valence-electron chi connectivity index (χ1n) is 5.72. The molecular formula is C13H11F4N3. The van der Waals surface area contributed by atoms with Crippen molar-refractivity contribution < 1.29 is 17.6 Å². The fraction of sp³-hybridized carbons (Fsp3) is 0.231. The third-order valence-corrected chi connectivity index (χ3v) is 2.83. The van der Waals surface area contributed by atoms with Gasteiger partial charge < -0.3 is 5.32 Å². The van der Waals surface area contributed by atoms with E-state index in [0.717, 1.165) is 12.1 Å². The molecule has 20 heavy (non-hydrogen) atoms. The summed E-state index contributed by atoms with van der Waals surface area (Å²) in [4.78, 5) is 7.64. The maximum absolute atomic E-state index is 13.3. The molecule has 1 unspecified atom stereocenters. The molecular weight excluding hydrogens is 274 g/mol. The molecule has 1 aromatic heterocycles. The summed E-state index contributed by atoms with van der Waals surface area (Å²) in [7, 11) is 1.59. The fourth-order valence-corrected chi connectivity index (χ4v) is 1.93. The Morgan fingerprint density at radius 3 is 2.30 bits per heavy atom. The number of hydrogen-bond donors (Lipinski definition) is 1. The van der Waals surface area contributed by atoms with Crippen molar-refractivity contribution in [3.05, 3.63) is 59.4 Å². The van der Waals surface area contributed by atoms with Gasteiger partial charge in [-0.05, 0) is 24.7 Å². The van der Waals surface area contributed by atoms with E-state index in [1.54, 1.807) is 7.05 Å². The van der Waals surface area contributed by atoms with Crippen molar-refractivity contribution in [3.8, 4) is 0 Å². The van der Waals surface area contributed by atoms with Gasteiger partial charge in [-0.1, -0.05) is 6.07 Å². The highest BCUT2D eigenvalue weighted by Gasteiger charge is 2.34. The maximum atomic E-state index is 13.3. The minimum atomic E-state index is -4.73. The third kappa shape index (κ3) is 2.93. The SMILES string of the molecule is CNC(c1cncnc1)c1ccc(F)c(C(F)(F)F)c1. The summed E-state index contributed by atoms with van der Waals surface area (Å²) in [6.07, 6.45) is -0.427. The molecule has 0 amide bonds. The first-order chi connectivity index (χ1) is 9.43. The first-order valence-corrected chi connectivity index (χ1v) is 5.72. The number of nitrogens with one attached hydrogen (secondary N) is 1. The molecule has 3 nitrogen and oxygen atoms in total. The van der Waals surface area contributed by atoms with Gasteiger partial charge in [0.15, 0.2) is 0 Å². The minimum Gasteiger partial charge on any atom is -0.309 e. The van der Waals surface area contributed by atoms with Crippen molar-refractivity contribution in [2.45, 2.75) is 12.2 Å². The average molecular weight is 285 g/mol. The molecule has 2 aromatic rings. The predicted molar refractivity (Wildman–Crippen MR) is 64.3 cm³/mol. The second-order valence-electron chi connectivity index (χ2n) is 4.13. The van der Waals surface area contributed by atoms with Crippen molar-refractivity contribution in [3.63, 3.8) is 0 Å². The molecule has 1 heterocycles. The van der Waals surface area contributed by atoms with Gasteiger partial charge >= 0.3 is 6.18 Å². The molecule has 0 aliphatic carbocycles. The number of hydrogen-bond acceptors (Lipinski definition) is 3. The topological polar surface area (TPSA) is 37.8 Å². The van der Waals surface area contributed by atoms with Crippen LogP contribution in [0.3, 0.4) is 0 Å². The molecule has 2 rings (SSSR count). The first kappa shape index (κ1) is 14.4. The lowest BCUT2D eigenvalue weighted by atomic mass is 9.99. The standard InChI is InChI=1S/C13H11F4N3/c1-18-12(9-5-19-7-20-6-9)8-2-3-11(14)10(4-8)13(15,16)17/h2-7,12,18H,1H3. The second kappa shape index (κ2) is 5.54. The van der Waals surface area contributed by atoms with Crippen molar-refractivity contribution in [2.75, 3.05) is 7.05 Å². The Bertz CT molecular complexity index is 584. The Morgan fingerprint density at radius 2 is 1.75 bits per heavy atom. The van der Waals surface area contributed by atoms with E-state index in [9.17, 15) is 17.6 Å². The number of rotatable bonds is 3. The monoisotopic (exact) mass is 285 g/mol. The van der Waals surface area contributed by atoms with E-state index >= 15 is 0 Å². The second-order valence-corrected chi connectivity index (χ2v) is 4.13. The highest BCUT2D eigenvalue weighted by Crippen LogP contribution is 2.33. The van der Waals surface area contributed by atoms with Crippen LogP contribution in [-0.2, 0) is 6.18 Å². The lowest BCUT2D eigenvalue weighted by Gasteiger charge is -2.18. The third-order valence-electron chi connectivity index (χ3n) is 2.83. The van der Waals surface area contributed by atoms with E-state index in [2.05, 4.69) is 15.3 Å². The predicted octanol–water partition coefficient (Wildman–Crippen LogP) is 2.94. The molecule has 1 atom stereocenters. The summed E-state index contributed by atoms with van der Waals surface area (Å²) >= 11 is 0. The zero-order valence-electron chi connectivity index (χ0n) is 10.4.